The van der Waals surface area contributed by atoms with Crippen LogP contribution in [0.25, 0.3) is 10.2 Å². The predicted octanol–water partition coefficient (Wildman–Crippen LogP) is 3.01. The van der Waals surface area contributed by atoms with Crippen LogP contribution < -0.4 is 0 Å². The van der Waals surface area contributed by atoms with Gasteiger partial charge in [0.2, 0.25) is 5.89 Å². The molecule has 1 saturated heterocycles. The van der Waals surface area contributed by atoms with Crippen molar-refractivity contribution >= 4 is 27.5 Å². The summed E-state index contributed by atoms with van der Waals surface area (Å²) in [5.74, 6) is 1.49. The number of fused-ring (bicyclic) bond motifs is 1. The van der Waals surface area contributed by atoms with Gasteiger partial charge in [-0.15, -0.1) is 11.3 Å². The number of thiazole rings is 1. The first-order valence-electron chi connectivity index (χ1n) is 7.63. The second kappa shape index (κ2) is 5.73. The topological polar surface area (TPSA) is 72.1 Å². The molecular weight excluding hydrogens is 312 g/mol. The number of hydrogen-bond donors (Lipinski definition) is 0. The minimum absolute atomic E-state index is 0.0604. The van der Waals surface area contributed by atoms with E-state index in [0.29, 0.717) is 23.8 Å². The van der Waals surface area contributed by atoms with Gasteiger partial charge in [0.25, 0.3) is 5.91 Å². The highest BCUT2D eigenvalue weighted by atomic mass is 32.1. The number of aromatic nitrogens is 3. The van der Waals surface area contributed by atoms with E-state index >= 15 is 0 Å². The standard InChI is InChI=1S/C16H16N4O2S/c1-10-18-15(19-22-10)12-3-2-6-20(8-12)16(21)11-4-5-13-14(7-11)23-9-17-13/h4-5,7,9,12H,2-3,6,8H2,1H3. The van der Waals surface area contributed by atoms with Crippen LogP contribution in [0, 0.1) is 6.92 Å². The highest BCUT2D eigenvalue weighted by Crippen LogP contribution is 2.27. The fraction of sp³-hybridized carbons (Fsp3) is 0.375. The van der Waals surface area contributed by atoms with E-state index < -0.39 is 0 Å². The largest absolute Gasteiger partial charge is 0.340 e. The van der Waals surface area contributed by atoms with E-state index in [1.807, 2.05) is 23.1 Å². The van der Waals surface area contributed by atoms with E-state index in [-0.39, 0.29) is 11.8 Å². The van der Waals surface area contributed by atoms with Gasteiger partial charge in [-0.25, -0.2) is 4.98 Å². The highest BCUT2D eigenvalue weighted by molar-refractivity contribution is 7.16. The Bertz CT molecular complexity index is 857. The number of carbonyl (C=O) groups excluding carboxylic acids is 1. The maximum Gasteiger partial charge on any atom is 0.253 e. The summed E-state index contributed by atoms with van der Waals surface area (Å²) in [5.41, 5.74) is 3.45. The summed E-state index contributed by atoms with van der Waals surface area (Å²) in [6.45, 7) is 3.19. The summed E-state index contributed by atoms with van der Waals surface area (Å²) < 4.78 is 6.11. The molecule has 23 heavy (non-hydrogen) atoms. The quantitative estimate of drug-likeness (QED) is 0.723. The van der Waals surface area contributed by atoms with Gasteiger partial charge < -0.3 is 9.42 Å². The Hall–Kier alpha value is -2.28. The molecule has 3 aromatic rings. The molecule has 118 valence electrons. The van der Waals surface area contributed by atoms with Crippen LogP contribution in [0.5, 0.6) is 0 Å². The minimum Gasteiger partial charge on any atom is -0.340 e. The minimum atomic E-state index is 0.0604. The third-order valence-corrected chi connectivity index (χ3v) is 4.99. The molecule has 0 aliphatic carbocycles. The van der Waals surface area contributed by atoms with Crippen molar-refractivity contribution in [2.45, 2.75) is 25.7 Å². The van der Waals surface area contributed by atoms with Crippen molar-refractivity contribution < 1.29 is 9.32 Å². The van der Waals surface area contributed by atoms with Gasteiger partial charge >= 0.3 is 0 Å². The lowest BCUT2D eigenvalue weighted by atomic mass is 9.96. The Labute approximate surface area is 137 Å². The van der Waals surface area contributed by atoms with Crippen LogP contribution >= 0.6 is 11.3 Å². The SMILES string of the molecule is Cc1nc(C2CCCN(C(=O)c3ccc4ncsc4c3)C2)no1. The summed E-state index contributed by atoms with van der Waals surface area (Å²) in [5, 5.41) is 4.01. The van der Waals surface area contributed by atoms with Crippen LogP contribution in [0.1, 0.15) is 40.8 Å². The molecule has 0 saturated carbocycles. The first-order valence-corrected chi connectivity index (χ1v) is 8.51. The zero-order chi connectivity index (χ0) is 15.8. The van der Waals surface area contributed by atoms with Crippen molar-refractivity contribution in [1.82, 2.24) is 20.0 Å². The zero-order valence-corrected chi connectivity index (χ0v) is 13.5. The average Bonchev–Trinajstić information content (AvgIpc) is 3.22. The summed E-state index contributed by atoms with van der Waals surface area (Å²) in [6, 6.07) is 5.69. The molecule has 1 aliphatic heterocycles. The number of benzene rings is 1. The number of carbonyl (C=O) groups is 1. The first-order chi connectivity index (χ1) is 11.2. The second-order valence-corrected chi connectivity index (χ2v) is 6.68. The summed E-state index contributed by atoms with van der Waals surface area (Å²) >= 11 is 1.55. The normalized spacial score (nSPS) is 18.5. The Kier molecular flexibility index (Phi) is 3.57. The Balaban J connectivity index is 1.55. The number of nitrogens with zero attached hydrogens (tertiary/aromatic N) is 4. The maximum absolute atomic E-state index is 12.8. The molecule has 0 N–H and O–H groups in total. The van der Waals surface area contributed by atoms with Crippen molar-refractivity contribution in [3.63, 3.8) is 0 Å². The van der Waals surface area contributed by atoms with E-state index in [1.54, 1.807) is 23.8 Å². The number of hydrogen-bond acceptors (Lipinski definition) is 6. The van der Waals surface area contributed by atoms with Gasteiger partial charge in [0.1, 0.15) is 0 Å². The van der Waals surface area contributed by atoms with E-state index in [1.165, 1.54) is 0 Å². The van der Waals surface area contributed by atoms with Crippen LogP contribution in [0.15, 0.2) is 28.2 Å². The molecule has 0 radical (unpaired) electrons. The molecule has 2 aromatic heterocycles. The van der Waals surface area contributed by atoms with Gasteiger partial charge in [0.05, 0.1) is 15.7 Å². The van der Waals surface area contributed by atoms with Crippen molar-refractivity contribution in [2.24, 2.45) is 0 Å². The van der Waals surface area contributed by atoms with Crippen LogP contribution in [-0.2, 0) is 0 Å². The van der Waals surface area contributed by atoms with E-state index in [9.17, 15) is 4.79 Å². The number of piperidine rings is 1. The smallest absolute Gasteiger partial charge is 0.253 e. The lowest BCUT2D eigenvalue weighted by molar-refractivity contribution is 0.0704. The van der Waals surface area contributed by atoms with Gasteiger partial charge in [-0.05, 0) is 31.0 Å². The highest BCUT2D eigenvalue weighted by Gasteiger charge is 2.28. The van der Waals surface area contributed by atoms with Crippen LogP contribution in [0.3, 0.4) is 0 Å². The zero-order valence-electron chi connectivity index (χ0n) is 12.7. The molecule has 6 nitrogen and oxygen atoms in total. The molecule has 4 rings (SSSR count). The monoisotopic (exact) mass is 328 g/mol. The fourth-order valence-electron chi connectivity index (χ4n) is 3.02. The van der Waals surface area contributed by atoms with E-state index in [0.717, 1.165) is 29.6 Å². The molecule has 0 bridgehead atoms. The third-order valence-electron chi connectivity index (χ3n) is 4.20. The number of aryl methyl sites for hydroxylation is 1. The summed E-state index contributed by atoms with van der Waals surface area (Å²) in [4.78, 5) is 23.2. The van der Waals surface area contributed by atoms with Gasteiger partial charge in [-0.3, -0.25) is 4.79 Å². The van der Waals surface area contributed by atoms with Gasteiger partial charge in [0.15, 0.2) is 5.82 Å². The average molecular weight is 328 g/mol. The number of amides is 1. The lowest BCUT2D eigenvalue weighted by Gasteiger charge is -2.31. The molecular formula is C16H16N4O2S. The fourth-order valence-corrected chi connectivity index (χ4v) is 3.74. The van der Waals surface area contributed by atoms with Gasteiger partial charge in [-0.1, -0.05) is 5.16 Å². The summed E-state index contributed by atoms with van der Waals surface area (Å²) in [6.07, 6.45) is 1.93. The van der Waals surface area contributed by atoms with E-state index in [4.69, 9.17) is 4.52 Å². The van der Waals surface area contributed by atoms with Gasteiger partial charge in [0, 0.05) is 31.5 Å². The predicted molar refractivity (Wildman–Crippen MR) is 86.5 cm³/mol. The van der Waals surface area contributed by atoms with Crippen molar-refractivity contribution in [1.29, 1.82) is 0 Å². The second-order valence-electron chi connectivity index (χ2n) is 5.80. The Morgan fingerprint density at radius 3 is 3.17 bits per heavy atom. The Morgan fingerprint density at radius 1 is 1.43 bits per heavy atom. The molecule has 1 aliphatic rings. The molecule has 3 heterocycles. The van der Waals surface area contributed by atoms with Crippen molar-refractivity contribution in [3.05, 3.63) is 41.0 Å². The molecule has 1 amide bonds. The van der Waals surface area contributed by atoms with Crippen LogP contribution in [0.2, 0.25) is 0 Å². The van der Waals surface area contributed by atoms with Crippen molar-refractivity contribution in [3.8, 4) is 0 Å². The molecule has 1 aromatic carbocycles. The van der Waals surface area contributed by atoms with Gasteiger partial charge in [-0.2, -0.15) is 4.98 Å². The lowest BCUT2D eigenvalue weighted by Crippen LogP contribution is -2.39. The maximum atomic E-state index is 12.8. The third kappa shape index (κ3) is 2.72. The number of likely N-dealkylation sites (tertiary alicyclic amines) is 1. The number of rotatable bonds is 2. The van der Waals surface area contributed by atoms with Crippen LogP contribution in [-0.4, -0.2) is 39.0 Å². The van der Waals surface area contributed by atoms with E-state index in [2.05, 4.69) is 15.1 Å². The molecule has 0 spiro atoms. The molecule has 1 atom stereocenters. The Morgan fingerprint density at radius 2 is 2.35 bits per heavy atom. The van der Waals surface area contributed by atoms with Crippen molar-refractivity contribution in [2.75, 3.05) is 13.1 Å². The molecule has 1 fully saturated rings. The molecule has 1 unspecified atom stereocenters. The van der Waals surface area contributed by atoms with Crippen LogP contribution in [0.4, 0.5) is 0 Å². The molecule has 7 heteroatoms. The first kappa shape index (κ1) is 14.3. The summed E-state index contributed by atoms with van der Waals surface area (Å²) in [7, 11) is 0.